The Hall–Kier alpha value is -2.86. The van der Waals surface area contributed by atoms with Crippen LogP contribution in [0.1, 0.15) is 41.5 Å². The van der Waals surface area contributed by atoms with Crippen molar-refractivity contribution in [3.05, 3.63) is 114 Å². The summed E-state index contributed by atoms with van der Waals surface area (Å²) in [7, 11) is 0. The van der Waals surface area contributed by atoms with Crippen molar-refractivity contribution in [2.24, 2.45) is 5.92 Å². The van der Waals surface area contributed by atoms with Crippen LogP contribution in [0.15, 0.2) is 91.5 Å². The molecular weight excluding hydrogens is 324 g/mol. The van der Waals surface area contributed by atoms with Crippen LogP contribution in [0.3, 0.4) is 0 Å². The van der Waals surface area contributed by atoms with Crippen molar-refractivity contribution < 1.29 is 0 Å². The van der Waals surface area contributed by atoms with Crippen LogP contribution in [0.5, 0.6) is 0 Å². The maximum Gasteiger partial charge on any atom is 0.0210 e. The van der Waals surface area contributed by atoms with Gasteiger partial charge in [-0.05, 0) is 45.7 Å². The molecule has 0 saturated carbocycles. The Morgan fingerprint density at radius 1 is 0.889 bits per heavy atom. The van der Waals surface area contributed by atoms with Crippen molar-refractivity contribution in [1.29, 1.82) is 0 Å². The average Bonchev–Trinajstić information content (AvgIpc) is 3.25. The Kier molecular flexibility index (Phi) is 3.68. The van der Waals surface area contributed by atoms with Gasteiger partial charge in [0.05, 0.1) is 0 Å². The van der Waals surface area contributed by atoms with Crippen molar-refractivity contribution >= 4 is 6.08 Å². The summed E-state index contributed by atoms with van der Waals surface area (Å²) in [5, 5.41) is 0. The van der Waals surface area contributed by atoms with E-state index in [4.69, 9.17) is 0 Å². The zero-order valence-electron chi connectivity index (χ0n) is 15.7. The molecule has 0 heterocycles. The summed E-state index contributed by atoms with van der Waals surface area (Å²) in [5.74, 6) is 0.827. The van der Waals surface area contributed by atoms with Gasteiger partial charge in [0.15, 0.2) is 0 Å². The van der Waals surface area contributed by atoms with E-state index in [9.17, 15) is 0 Å². The molecule has 0 amide bonds. The molecule has 3 aromatic rings. The topological polar surface area (TPSA) is 0 Å². The standard InChI is InChI=1S/C27H24/c1-3-17-27(18-16-20-10-4-9-15-25(20)27)19(2)26-23-13-7-5-11-21(23)22-12-6-8-14-24(22)26/h3-16,18-19,26H,1,17H2,2H3. The van der Waals surface area contributed by atoms with E-state index < -0.39 is 0 Å². The average molecular weight is 348 g/mol. The Morgan fingerprint density at radius 3 is 2.15 bits per heavy atom. The highest BCUT2D eigenvalue weighted by atomic mass is 14.5. The van der Waals surface area contributed by atoms with Crippen LogP contribution in [0.25, 0.3) is 17.2 Å². The van der Waals surface area contributed by atoms with Gasteiger partial charge < -0.3 is 0 Å². The molecule has 0 N–H and O–H groups in total. The van der Waals surface area contributed by atoms with E-state index in [0.717, 1.165) is 6.42 Å². The molecule has 0 saturated heterocycles. The molecule has 0 bridgehead atoms. The number of benzene rings is 3. The normalized spacial score (nSPS) is 20.8. The summed E-state index contributed by atoms with van der Waals surface area (Å²) in [5.41, 5.74) is 8.51. The Labute approximate surface area is 161 Å². The van der Waals surface area contributed by atoms with Gasteiger partial charge in [-0.15, -0.1) is 6.58 Å². The minimum atomic E-state index is -0.00638. The lowest BCUT2D eigenvalue weighted by Crippen LogP contribution is -2.34. The minimum Gasteiger partial charge on any atom is -0.103 e. The molecule has 0 fully saturated rings. The first-order chi connectivity index (χ1) is 13.3. The van der Waals surface area contributed by atoms with E-state index in [1.807, 2.05) is 0 Å². The van der Waals surface area contributed by atoms with E-state index in [1.54, 1.807) is 0 Å². The second-order valence-electron chi connectivity index (χ2n) is 7.89. The highest BCUT2D eigenvalue weighted by molar-refractivity contribution is 5.79. The van der Waals surface area contributed by atoms with E-state index in [2.05, 4.69) is 105 Å². The molecule has 0 aliphatic heterocycles. The van der Waals surface area contributed by atoms with Crippen LogP contribution in [0.4, 0.5) is 0 Å². The predicted octanol–water partition coefficient (Wildman–Crippen LogP) is 6.98. The van der Waals surface area contributed by atoms with Gasteiger partial charge in [0.2, 0.25) is 0 Å². The summed E-state index contributed by atoms with van der Waals surface area (Å²) in [6.45, 7) is 6.54. The highest BCUT2D eigenvalue weighted by Gasteiger charge is 2.45. The smallest absolute Gasteiger partial charge is 0.0210 e. The molecular formula is C27H24. The lowest BCUT2D eigenvalue weighted by Gasteiger charge is -2.39. The van der Waals surface area contributed by atoms with Gasteiger partial charge in [0.1, 0.15) is 0 Å². The number of hydrogen-bond acceptors (Lipinski definition) is 0. The molecule has 0 radical (unpaired) electrons. The second kappa shape index (κ2) is 6.09. The summed E-state index contributed by atoms with van der Waals surface area (Å²) < 4.78 is 0. The maximum absolute atomic E-state index is 4.11. The molecule has 132 valence electrons. The minimum absolute atomic E-state index is 0.00638. The largest absolute Gasteiger partial charge is 0.103 e. The quantitative estimate of drug-likeness (QED) is 0.446. The first-order valence-corrected chi connectivity index (χ1v) is 9.84. The zero-order valence-corrected chi connectivity index (χ0v) is 15.7. The van der Waals surface area contributed by atoms with Crippen molar-refractivity contribution in [2.75, 3.05) is 0 Å². The Balaban J connectivity index is 1.71. The Bertz CT molecular complexity index is 1010. The van der Waals surface area contributed by atoms with Gasteiger partial charge in [-0.1, -0.05) is 97.9 Å². The van der Waals surface area contributed by atoms with Crippen LogP contribution >= 0.6 is 0 Å². The molecule has 2 unspecified atom stereocenters. The molecule has 2 aliphatic rings. The van der Waals surface area contributed by atoms with Crippen molar-refractivity contribution in [3.63, 3.8) is 0 Å². The van der Waals surface area contributed by atoms with Gasteiger partial charge in [-0.2, -0.15) is 0 Å². The van der Waals surface area contributed by atoms with Crippen molar-refractivity contribution in [3.8, 4) is 11.1 Å². The van der Waals surface area contributed by atoms with E-state index in [0.29, 0.717) is 11.8 Å². The third-order valence-electron chi connectivity index (χ3n) is 6.70. The van der Waals surface area contributed by atoms with Crippen LogP contribution in [-0.4, -0.2) is 0 Å². The van der Waals surface area contributed by atoms with E-state index in [-0.39, 0.29) is 5.41 Å². The molecule has 0 nitrogen and oxygen atoms in total. The highest BCUT2D eigenvalue weighted by Crippen LogP contribution is 2.56. The fourth-order valence-electron chi connectivity index (χ4n) is 5.42. The van der Waals surface area contributed by atoms with Crippen molar-refractivity contribution in [1.82, 2.24) is 0 Å². The van der Waals surface area contributed by atoms with Gasteiger partial charge in [0, 0.05) is 11.3 Å². The lowest BCUT2D eigenvalue weighted by molar-refractivity contribution is 0.333. The predicted molar refractivity (Wildman–Crippen MR) is 115 cm³/mol. The Morgan fingerprint density at radius 2 is 1.48 bits per heavy atom. The molecule has 3 aromatic carbocycles. The summed E-state index contributed by atoms with van der Waals surface area (Å²) in [6, 6.07) is 26.7. The molecule has 27 heavy (non-hydrogen) atoms. The first-order valence-electron chi connectivity index (χ1n) is 9.84. The molecule has 0 spiro atoms. The number of rotatable bonds is 4. The molecule has 0 heteroatoms. The lowest BCUT2D eigenvalue weighted by atomic mass is 9.63. The molecule has 2 aliphatic carbocycles. The fraction of sp³-hybridized carbons (Fsp3) is 0.185. The second-order valence-corrected chi connectivity index (χ2v) is 7.89. The fourth-order valence-corrected chi connectivity index (χ4v) is 5.42. The monoisotopic (exact) mass is 348 g/mol. The summed E-state index contributed by atoms with van der Waals surface area (Å²) >= 11 is 0. The third kappa shape index (κ3) is 2.23. The van der Waals surface area contributed by atoms with E-state index >= 15 is 0 Å². The SMILES string of the molecule is C=CCC1(C(C)C2c3ccccc3-c3ccccc32)C=Cc2ccccc21. The van der Waals surface area contributed by atoms with Gasteiger partial charge in [-0.25, -0.2) is 0 Å². The van der Waals surface area contributed by atoms with Gasteiger partial charge >= 0.3 is 0 Å². The maximum atomic E-state index is 4.11. The molecule has 0 aromatic heterocycles. The van der Waals surface area contributed by atoms with Crippen LogP contribution < -0.4 is 0 Å². The summed E-state index contributed by atoms with van der Waals surface area (Å²) in [4.78, 5) is 0. The van der Waals surface area contributed by atoms with Crippen LogP contribution in [-0.2, 0) is 5.41 Å². The number of allylic oxidation sites excluding steroid dienone is 2. The van der Waals surface area contributed by atoms with E-state index in [1.165, 1.54) is 33.4 Å². The van der Waals surface area contributed by atoms with Crippen LogP contribution in [0.2, 0.25) is 0 Å². The van der Waals surface area contributed by atoms with Gasteiger partial charge in [0.25, 0.3) is 0 Å². The third-order valence-corrected chi connectivity index (χ3v) is 6.70. The summed E-state index contributed by atoms with van der Waals surface area (Å²) in [6.07, 6.45) is 7.80. The van der Waals surface area contributed by atoms with Crippen LogP contribution in [0, 0.1) is 5.92 Å². The molecule has 5 rings (SSSR count). The first kappa shape index (κ1) is 16.3. The zero-order chi connectivity index (χ0) is 18.4. The number of fused-ring (bicyclic) bond motifs is 4. The van der Waals surface area contributed by atoms with Crippen molar-refractivity contribution in [2.45, 2.75) is 24.7 Å². The van der Waals surface area contributed by atoms with Gasteiger partial charge in [-0.3, -0.25) is 0 Å². The number of hydrogen-bond donors (Lipinski definition) is 0. The molecule has 2 atom stereocenters.